The number of carbonyl (C=O) groups excluding carboxylic acids is 1. The van der Waals surface area contributed by atoms with Gasteiger partial charge < -0.3 is 19.9 Å². The van der Waals surface area contributed by atoms with E-state index in [1.165, 1.54) is 0 Å². The molecule has 1 fully saturated rings. The van der Waals surface area contributed by atoms with Crippen LogP contribution in [0.4, 0.5) is 11.6 Å². The normalized spacial score (nSPS) is 14.8. The molecule has 1 N–H and O–H groups in total. The maximum atomic E-state index is 12.2. The first-order valence-corrected chi connectivity index (χ1v) is 10.7. The fourth-order valence-corrected chi connectivity index (χ4v) is 3.84. The third-order valence-electron chi connectivity index (χ3n) is 5.51. The topological polar surface area (TPSA) is 70.6 Å². The standard InChI is InChI=1S/C23H26ClN5O2/c1-28(2)19-9-11-29(12-10-19)23-25-14-16-13-18(5-8-21(16)27-23)26-22(30)15-31-20-6-3-17(24)4-7-20/h3-8,13-14,19H,9-12,15H2,1-2H3,(H,26,30). The number of hydrogen-bond donors (Lipinski definition) is 1. The third kappa shape index (κ3) is 5.42. The highest BCUT2D eigenvalue weighted by Gasteiger charge is 2.22. The van der Waals surface area contributed by atoms with Gasteiger partial charge in [-0.25, -0.2) is 9.97 Å². The lowest BCUT2D eigenvalue weighted by molar-refractivity contribution is -0.118. The predicted molar refractivity (Wildman–Crippen MR) is 124 cm³/mol. The van der Waals surface area contributed by atoms with Gasteiger partial charge in [0.05, 0.1) is 5.52 Å². The lowest BCUT2D eigenvalue weighted by Crippen LogP contribution is -2.42. The molecule has 7 nitrogen and oxygen atoms in total. The number of anilines is 2. The summed E-state index contributed by atoms with van der Waals surface area (Å²) in [5.74, 6) is 1.11. The van der Waals surface area contributed by atoms with Crippen LogP contribution in [0.3, 0.4) is 0 Å². The van der Waals surface area contributed by atoms with Gasteiger partial charge in [0.1, 0.15) is 5.75 Å². The molecule has 31 heavy (non-hydrogen) atoms. The zero-order chi connectivity index (χ0) is 21.8. The number of fused-ring (bicyclic) bond motifs is 1. The smallest absolute Gasteiger partial charge is 0.262 e. The van der Waals surface area contributed by atoms with Crippen LogP contribution in [0.5, 0.6) is 5.75 Å². The van der Waals surface area contributed by atoms with Crippen LogP contribution in [-0.4, -0.2) is 60.6 Å². The number of rotatable bonds is 6. The molecule has 4 rings (SSSR count). The number of aromatic nitrogens is 2. The molecular weight excluding hydrogens is 414 g/mol. The summed E-state index contributed by atoms with van der Waals surface area (Å²) < 4.78 is 5.48. The lowest BCUT2D eigenvalue weighted by atomic mass is 10.0. The molecule has 162 valence electrons. The predicted octanol–water partition coefficient (Wildman–Crippen LogP) is 3.83. The molecule has 2 heterocycles. The second kappa shape index (κ2) is 9.49. The number of nitrogens with zero attached hydrogens (tertiary/aromatic N) is 4. The van der Waals surface area contributed by atoms with E-state index >= 15 is 0 Å². The van der Waals surface area contributed by atoms with Crippen molar-refractivity contribution in [2.75, 3.05) is 44.0 Å². The Kier molecular flexibility index (Phi) is 6.53. The SMILES string of the molecule is CN(C)C1CCN(c2ncc3cc(NC(=O)COc4ccc(Cl)cc4)ccc3n2)CC1. The van der Waals surface area contributed by atoms with Crippen LogP contribution in [0.25, 0.3) is 10.9 Å². The Hall–Kier alpha value is -2.90. The molecule has 0 saturated carbocycles. The van der Waals surface area contributed by atoms with E-state index in [1.807, 2.05) is 24.4 Å². The second-order valence-electron chi connectivity index (χ2n) is 7.92. The molecule has 0 unspecified atom stereocenters. The minimum atomic E-state index is -0.240. The summed E-state index contributed by atoms with van der Waals surface area (Å²) in [5.41, 5.74) is 1.54. The first-order chi connectivity index (χ1) is 15.0. The van der Waals surface area contributed by atoms with Gasteiger partial charge in [-0.2, -0.15) is 0 Å². The zero-order valence-electron chi connectivity index (χ0n) is 17.7. The van der Waals surface area contributed by atoms with E-state index in [1.54, 1.807) is 24.3 Å². The molecule has 0 aliphatic carbocycles. The molecule has 0 atom stereocenters. The maximum Gasteiger partial charge on any atom is 0.262 e. The quantitative estimate of drug-likeness (QED) is 0.629. The second-order valence-corrected chi connectivity index (χ2v) is 8.35. The first-order valence-electron chi connectivity index (χ1n) is 10.3. The Labute approximate surface area is 187 Å². The number of carbonyl (C=O) groups is 1. The van der Waals surface area contributed by atoms with Crippen LogP contribution in [0.15, 0.2) is 48.7 Å². The van der Waals surface area contributed by atoms with Gasteiger partial charge in [-0.15, -0.1) is 0 Å². The Morgan fingerprint density at radius 2 is 1.94 bits per heavy atom. The van der Waals surface area contributed by atoms with Gasteiger partial charge in [0, 0.05) is 41.4 Å². The van der Waals surface area contributed by atoms with Gasteiger partial charge in [0.25, 0.3) is 5.91 Å². The van der Waals surface area contributed by atoms with Crippen molar-refractivity contribution in [3.05, 3.63) is 53.7 Å². The van der Waals surface area contributed by atoms with Crippen LogP contribution in [0, 0.1) is 0 Å². The van der Waals surface area contributed by atoms with E-state index in [0.717, 1.165) is 42.8 Å². The van der Waals surface area contributed by atoms with Crippen molar-refractivity contribution in [1.82, 2.24) is 14.9 Å². The van der Waals surface area contributed by atoms with E-state index in [9.17, 15) is 4.79 Å². The number of ether oxygens (including phenoxy) is 1. The van der Waals surface area contributed by atoms with Crippen LogP contribution in [0.1, 0.15) is 12.8 Å². The average Bonchev–Trinajstić information content (AvgIpc) is 2.78. The Balaban J connectivity index is 1.36. The maximum absolute atomic E-state index is 12.2. The molecule has 1 aromatic heterocycles. The summed E-state index contributed by atoms with van der Waals surface area (Å²) in [6.07, 6.45) is 4.03. The molecule has 1 aliphatic heterocycles. The summed E-state index contributed by atoms with van der Waals surface area (Å²) in [6, 6.07) is 13.1. The van der Waals surface area contributed by atoms with Crippen molar-refractivity contribution < 1.29 is 9.53 Å². The molecular formula is C23H26ClN5O2. The van der Waals surface area contributed by atoms with Crippen LogP contribution >= 0.6 is 11.6 Å². The van der Waals surface area contributed by atoms with Crippen molar-refractivity contribution >= 4 is 40.0 Å². The molecule has 0 bridgehead atoms. The van der Waals surface area contributed by atoms with Crippen molar-refractivity contribution in [1.29, 1.82) is 0 Å². The summed E-state index contributed by atoms with van der Waals surface area (Å²) in [6.45, 7) is 1.82. The molecule has 1 amide bonds. The lowest BCUT2D eigenvalue weighted by Gasteiger charge is -2.35. The van der Waals surface area contributed by atoms with Crippen molar-refractivity contribution in [3.63, 3.8) is 0 Å². The summed E-state index contributed by atoms with van der Waals surface area (Å²) in [5, 5.41) is 4.35. The first kappa shape index (κ1) is 21.3. The number of amides is 1. The average molecular weight is 440 g/mol. The zero-order valence-corrected chi connectivity index (χ0v) is 18.5. The molecule has 0 radical (unpaired) electrons. The van der Waals surface area contributed by atoms with Crippen molar-refractivity contribution in [2.45, 2.75) is 18.9 Å². The third-order valence-corrected chi connectivity index (χ3v) is 5.76. The molecule has 1 saturated heterocycles. The molecule has 0 spiro atoms. The fourth-order valence-electron chi connectivity index (χ4n) is 3.71. The van der Waals surface area contributed by atoms with Gasteiger partial charge in [-0.1, -0.05) is 11.6 Å². The summed E-state index contributed by atoms with van der Waals surface area (Å²) in [7, 11) is 4.26. The Bertz CT molecular complexity index is 1050. The van der Waals surface area contributed by atoms with Gasteiger partial charge in [-0.05, 0) is 69.4 Å². The van der Waals surface area contributed by atoms with Crippen molar-refractivity contribution in [2.24, 2.45) is 0 Å². The van der Waals surface area contributed by atoms with Gasteiger partial charge in [0.2, 0.25) is 5.95 Å². The highest BCUT2D eigenvalue weighted by molar-refractivity contribution is 6.30. The number of benzene rings is 2. The largest absolute Gasteiger partial charge is 0.484 e. The minimum Gasteiger partial charge on any atom is -0.484 e. The molecule has 2 aromatic carbocycles. The monoisotopic (exact) mass is 439 g/mol. The molecule has 8 heteroatoms. The minimum absolute atomic E-state index is 0.0853. The molecule has 1 aliphatic rings. The van der Waals surface area contributed by atoms with E-state index < -0.39 is 0 Å². The van der Waals surface area contributed by atoms with E-state index in [4.69, 9.17) is 21.3 Å². The number of piperidine rings is 1. The molecule has 3 aromatic rings. The number of halogens is 1. The van der Waals surface area contributed by atoms with E-state index in [-0.39, 0.29) is 12.5 Å². The van der Waals surface area contributed by atoms with Crippen LogP contribution in [-0.2, 0) is 4.79 Å². The summed E-state index contributed by atoms with van der Waals surface area (Å²) in [4.78, 5) is 26.0. The summed E-state index contributed by atoms with van der Waals surface area (Å²) >= 11 is 5.85. The number of nitrogens with one attached hydrogen (secondary N) is 1. The number of hydrogen-bond acceptors (Lipinski definition) is 6. The van der Waals surface area contributed by atoms with E-state index in [2.05, 4.69) is 34.2 Å². The van der Waals surface area contributed by atoms with Crippen molar-refractivity contribution in [3.8, 4) is 5.75 Å². The van der Waals surface area contributed by atoms with Crippen LogP contribution in [0.2, 0.25) is 5.02 Å². The van der Waals surface area contributed by atoms with Gasteiger partial charge in [-0.3, -0.25) is 4.79 Å². The van der Waals surface area contributed by atoms with Gasteiger partial charge in [0.15, 0.2) is 6.61 Å². The Morgan fingerprint density at radius 1 is 1.19 bits per heavy atom. The van der Waals surface area contributed by atoms with Crippen LogP contribution < -0.4 is 15.0 Å². The Morgan fingerprint density at radius 3 is 2.65 bits per heavy atom. The van der Waals surface area contributed by atoms with Gasteiger partial charge >= 0.3 is 0 Å². The highest BCUT2D eigenvalue weighted by atomic mass is 35.5. The fraction of sp³-hybridized carbons (Fsp3) is 0.348. The highest BCUT2D eigenvalue weighted by Crippen LogP contribution is 2.23. The van der Waals surface area contributed by atoms with E-state index in [0.29, 0.717) is 22.5 Å².